The number of nitrogens with zero attached hydrogens (tertiary/aromatic N) is 4. The quantitative estimate of drug-likeness (QED) is 0.579. The maximum atomic E-state index is 13.2. The largest absolute Gasteiger partial charge is 0.338 e. The van der Waals surface area contributed by atoms with Gasteiger partial charge in [0.05, 0.1) is 6.54 Å². The number of carbonyl (C=O) groups excluding carboxylic acids is 1. The number of piperazine rings is 1. The summed E-state index contributed by atoms with van der Waals surface area (Å²) in [6, 6.07) is 13.4. The minimum Gasteiger partial charge on any atom is -0.338 e. The molecule has 1 saturated heterocycles. The van der Waals surface area contributed by atoms with Crippen molar-refractivity contribution in [3.05, 3.63) is 76.9 Å². The molecule has 1 amide bonds. The van der Waals surface area contributed by atoms with Crippen LogP contribution in [0.4, 0.5) is 4.39 Å². The van der Waals surface area contributed by atoms with E-state index in [0.29, 0.717) is 55.0 Å². The van der Waals surface area contributed by atoms with E-state index in [-0.39, 0.29) is 11.7 Å². The summed E-state index contributed by atoms with van der Waals surface area (Å²) in [5.74, 6) is 0.656. The number of aromatic nitrogens is 2. The smallest absolute Gasteiger partial charge is 0.246 e. The summed E-state index contributed by atoms with van der Waals surface area (Å²) in [6.07, 6.45) is 3.12. The number of halogens is 2. The van der Waals surface area contributed by atoms with Crippen LogP contribution in [-0.4, -0.2) is 52.0 Å². The molecular weight excluding hydrogens is 407 g/mol. The molecule has 2 aromatic carbocycles. The zero-order valence-electron chi connectivity index (χ0n) is 16.2. The molecule has 0 unspecified atom stereocenters. The number of carbonyl (C=O) groups is 1. The van der Waals surface area contributed by atoms with Crippen LogP contribution in [0.2, 0.25) is 5.02 Å². The van der Waals surface area contributed by atoms with Crippen molar-refractivity contribution in [2.45, 2.75) is 6.54 Å². The summed E-state index contributed by atoms with van der Waals surface area (Å²) in [7, 11) is 0. The Labute approximate surface area is 178 Å². The molecule has 4 rings (SSSR count). The van der Waals surface area contributed by atoms with Crippen LogP contribution in [0.5, 0.6) is 0 Å². The lowest BCUT2D eigenvalue weighted by Crippen LogP contribution is -2.47. The predicted octanol–water partition coefficient (Wildman–Crippen LogP) is 3.89. The Morgan fingerprint density at radius 3 is 2.63 bits per heavy atom. The summed E-state index contributed by atoms with van der Waals surface area (Å²) in [5.41, 5.74) is 1.50. The van der Waals surface area contributed by atoms with Crippen molar-refractivity contribution in [2.75, 3.05) is 26.2 Å². The van der Waals surface area contributed by atoms with Gasteiger partial charge in [0, 0.05) is 42.8 Å². The second-order valence-electron chi connectivity index (χ2n) is 7.01. The van der Waals surface area contributed by atoms with E-state index in [9.17, 15) is 9.18 Å². The van der Waals surface area contributed by atoms with Crippen LogP contribution in [0.25, 0.3) is 17.5 Å². The van der Waals surface area contributed by atoms with Crippen molar-refractivity contribution >= 4 is 23.6 Å². The minimum absolute atomic E-state index is 0.0817. The van der Waals surface area contributed by atoms with Gasteiger partial charge in [-0.2, -0.15) is 4.98 Å². The van der Waals surface area contributed by atoms with Crippen molar-refractivity contribution in [1.29, 1.82) is 0 Å². The number of benzene rings is 2. The lowest BCUT2D eigenvalue weighted by Gasteiger charge is -2.33. The number of amides is 1. The lowest BCUT2D eigenvalue weighted by molar-refractivity contribution is -0.127. The predicted molar refractivity (Wildman–Crippen MR) is 112 cm³/mol. The molecule has 0 aliphatic carbocycles. The average Bonchev–Trinajstić information content (AvgIpc) is 3.21. The maximum absolute atomic E-state index is 13.2. The van der Waals surface area contributed by atoms with Crippen LogP contribution < -0.4 is 0 Å². The highest BCUT2D eigenvalue weighted by Gasteiger charge is 2.21. The SMILES string of the molecule is O=C(/C=C/c1cccc(F)c1)N1CCN(Cc2nc(-c3ccc(Cl)cc3)no2)CC1. The van der Waals surface area contributed by atoms with Gasteiger partial charge >= 0.3 is 0 Å². The van der Waals surface area contributed by atoms with Gasteiger partial charge in [0.15, 0.2) is 0 Å². The van der Waals surface area contributed by atoms with Gasteiger partial charge in [-0.25, -0.2) is 4.39 Å². The molecule has 1 aliphatic heterocycles. The number of hydrogen-bond donors (Lipinski definition) is 0. The maximum Gasteiger partial charge on any atom is 0.246 e. The Kier molecular flexibility index (Phi) is 6.21. The van der Waals surface area contributed by atoms with Crippen molar-refractivity contribution < 1.29 is 13.7 Å². The van der Waals surface area contributed by atoms with E-state index >= 15 is 0 Å². The van der Waals surface area contributed by atoms with Gasteiger partial charge in [-0.3, -0.25) is 9.69 Å². The van der Waals surface area contributed by atoms with Gasteiger partial charge in [-0.15, -0.1) is 0 Å². The first-order chi connectivity index (χ1) is 14.6. The fourth-order valence-corrected chi connectivity index (χ4v) is 3.36. The zero-order chi connectivity index (χ0) is 20.9. The second-order valence-corrected chi connectivity index (χ2v) is 7.44. The summed E-state index contributed by atoms with van der Waals surface area (Å²) < 4.78 is 18.6. The topological polar surface area (TPSA) is 62.5 Å². The molecule has 0 spiro atoms. The molecule has 2 heterocycles. The van der Waals surface area contributed by atoms with Crippen LogP contribution in [-0.2, 0) is 11.3 Å². The van der Waals surface area contributed by atoms with E-state index in [2.05, 4.69) is 15.0 Å². The Hall–Kier alpha value is -3.03. The van der Waals surface area contributed by atoms with E-state index in [0.717, 1.165) is 5.56 Å². The van der Waals surface area contributed by atoms with Crippen LogP contribution in [0.15, 0.2) is 59.1 Å². The molecule has 0 atom stereocenters. The number of hydrogen-bond acceptors (Lipinski definition) is 5. The highest BCUT2D eigenvalue weighted by Crippen LogP contribution is 2.19. The van der Waals surface area contributed by atoms with Gasteiger partial charge in [-0.1, -0.05) is 28.9 Å². The highest BCUT2D eigenvalue weighted by molar-refractivity contribution is 6.30. The van der Waals surface area contributed by atoms with Crippen LogP contribution in [0.3, 0.4) is 0 Å². The van der Waals surface area contributed by atoms with Crippen molar-refractivity contribution in [3.8, 4) is 11.4 Å². The molecule has 1 fully saturated rings. The van der Waals surface area contributed by atoms with E-state index in [4.69, 9.17) is 16.1 Å². The first-order valence-electron chi connectivity index (χ1n) is 9.60. The van der Waals surface area contributed by atoms with E-state index < -0.39 is 0 Å². The summed E-state index contributed by atoms with van der Waals surface area (Å²) in [4.78, 5) is 20.8. The Morgan fingerprint density at radius 1 is 1.13 bits per heavy atom. The zero-order valence-corrected chi connectivity index (χ0v) is 16.9. The van der Waals surface area contributed by atoms with Crippen molar-refractivity contribution in [2.24, 2.45) is 0 Å². The van der Waals surface area contributed by atoms with Crippen LogP contribution in [0, 0.1) is 5.82 Å². The average molecular weight is 427 g/mol. The fourth-order valence-electron chi connectivity index (χ4n) is 3.24. The van der Waals surface area contributed by atoms with Gasteiger partial charge in [0.25, 0.3) is 0 Å². The third kappa shape index (κ3) is 5.11. The van der Waals surface area contributed by atoms with E-state index in [1.807, 2.05) is 12.1 Å². The molecule has 0 bridgehead atoms. The third-order valence-electron chi connectivity index (χ3n) is 4.88. The summed E-state index contributed by atoms with van der Waals surface area (Å²) in [6.45, 7) is 3.15. The standard InChI is InChI=1S/C22H20ClFN4O2/c23-18-7-5-17(6-8-18)22-25-20(30-26-22)15-27-10-12-28(13-11-27)21(29)9-4-16-2-1-3-19(24)14-16/h1-9,14H,10-13,15H2/b9-4+. The molecule has 6 nitrogen and oxygen atoms in total. The van der Waals surface area contributed by atoms with Crippen LogP contribution in [0.1, 0.15) is 11.5 Å². The lowest BCUT2D eigenvalue weighted by atomic mass is 10.2. The first kappa shape index (κ1) is 20.3. The summed E-state index contributed by atoms with van der Waals surface area (Å²) in [5, 5.41) is 4.68. The Balaban J connectivity index is 1.28. The molecule has 1 aliphatic rings. The highest BCUT2D eigenvalue weighted by atomic mass is 35.5. The van der Waals surface area contributed by atoms with Crippen molar-refractivity contribution in [1.82, 2.24) is 19.9 Å². The molecule has 30 heavy (non-hydrogen) atoms. The van der Waals surface area contributed by atoms with Crippen LogP contribution >= 0.6 is 11.6 Å². The van der Waals surface area contributed by atoms with E-state index in [1.54, 1.807) is 35.2 Å². The molecular formula is C22H20ClFN4O2. The van der Waals surface area contributed by atoms with Gasteiger partial charge < -0.3 is 9.42 Å². The fraction of sp³-hybridized carbons (Fsp3) is 0.227. The molecule has 1 aromatic heterocycles. The first-order valence-corrected chi connectivity index (χ1v) is 9.98. The summed E-state index contributed by atoms with van der Waals surface area (Å²) >= 11 is 5.91. The molecule has 0 saturated carbocycles. The molecule has 154 valence electrons. The monoisotopic (exact) mass is 426 g/mol. The molecule has 8 heteroatoms. The normalized spacial score (nSPS) is 15.1. The molecule has 3 aromatic rings. The second kappa shape index (κ2) is 9.19. The molecule has 0 N–H and O–H groups in total. The Morgan fingerprint density at radius 2 is 1.90 bits per heavy atom. The van der Waals surface area contributed by atoms with Gasteiger partial charge in [0.1, 0.15) is 5.82 Å². The molecule has 0 radical (unpaired) electrons. The Bertz CT molecular complexity index is 1040. The van der Waals surface area contributed by atoms with E-state index in [1.165, 1.54) is 18.2 Å². The van der Waals surface area contributed by atoms with Gasteiger partial charge in [-0.05, 0) is 48.0 Å². The van der Waals surface area contributed by atoms with Crippen molar-refractivity contribution in [3.63, 3.8) is 0 Å². The minimum atomic E-state index is -0.321. The number of rotatable bonds is 5. The third-order valence-corrected chi connectivity index (χ3v) is 5.13. The van der Waals surface area contributed by atoms with Gasteiger partial charge in [0.2, 0.25) is 17.6 Å².